The number of fused-ring (bicyclic) bond motifs is 1. The molecule has 1 fully saturated rings. The molecule has 0 radical (unpaired) electrons. The van der Waals surface area contributed by atoms with Gasteiger partial charge in [0.2, 0.25) is 0 Å². The molecule has 1 aliphatic carbocycles. The fourth-order valence-electron chi connectivity index (χ4n) is 2.62. The Kier molecular flexibility index (Phi) is 2.86. The summed E-state index contributed by atoms with van der Waals surface area (Å²) in [6, 6.07) is 1.79. The van der Waals surface area contributed by atoms with Crippen LogP contribution in [-0.2, 0) is 0 Å². The third-order valence-corrected chi connectivity index (χ3v) is 3.92. The lowest BCUT2D eigenvalue weighted by Crippen LogP contribution is -2.24. The smallest absolute Gasteiger partial charge is 0.255 e. The number of rotatable bonds is 3. The Morgan fingerprint density at radius 2 is 2.22 bits per heavy atom. The second-order valence-electron chi connectivity index (χ2n) is 5.31. The largest absolute Gasteiger partial charge is 0.369 e. The van der Waals surface area contributed by atoms with Gasteiger partial charge in [0.05, 0.1) is 0 Å². The first kappa shape index (κ1) is 11.7. The summed E-state index contributed by atoms with van der Waals surface area (Å²) in [6.45, 7) is 3.26. The average molecular weight is 266 g/mol. The molecule has 0 bridgehead atoms. The van der Waals surface area contributed by atoms with Gasteiger partial charge in [-0.05, 0) is 18.3 Å². The third kappa shape index (κ3) is 2.14. The van der Waals surface area contributed by atoms with Gasteiger partial charge in [-0.3, -0.25) is 0 Å². The van der Waals surface area contributed by atoms with Crippen molar-refractivity contribution in [2.75, 3.05) is 11.9 Å². The highest BCUT2D eigenvalue weighted by Crippen LogP contribution is 2.37. The molecule has 3 rings (SSSR count). The number of hydrogen-bond acceptors (Lipinski definition) is 4. The Bertz CT molecular complexity index is 559. The second kappa shape index (κ2) is 4.39. The summed E-state index contributed by atoms with van der Waals surface area (Å²) < 4.78 is 1.68. The highest BCUT2D eigenvalue weighted by atomic mass is 35.5. The van der Waals surface area contributed by atoms with Gasteiger partial charge in [-0.15, -0.1) is 0 Å². The van der Waals surface area contributed by atoms with E-state index in [9.17, 15) is 0 Å². The average Bonchev–Trinajstić information content (AvgIpc) is 2.95. The molecular weight excluding hydrogens is 250 g/mol. The molecule has 0 aromatic carbocycles. The van der Waals surface area contributed by atoms with Crippen molar-refractivity contribution in [3.63, 3.8) is 0 Å². The first-order valence-corrected chi connectivity index (χ1v) is 6.64. The van der Waals surface area contributed by atoms with Gasteiger partial charge in [-0.2, -0.15) is 19.6 Å². The van der Waals surface area contributed by atoms with E-state index in [2.05, 4.69) is 27.3 Å². The summed E-state index contributed by atoms with van der Waals surface area (Å²) in [5, 5.41) is 8.02. The Labute approximate surface area is 111 Å². The first-order chi connectivity index (χ1) is 8.66. The molecule has 2 aromatic heterocycles. The normalized spacial score (nSPS) is 18.3. The number of halogens is 1. The number of hydrogen-bond donors (Lipinski definition) is 1. The van der Waals surface area contributed by atoms with Crippen LogP contribution < -0.4 is 5.32 Å². The zero-order chi connectivity index (χ0) is 12.6. The summed E-state index contributed by atoms with van der Waals surface area (Å²) in [7, 11) is 0. The molecule has 0 spiro atoms. The minimum atomic E-state index is 0.378. The topological polar surface area (TPSA) is 55.1 Å². The molecule has 2 heterocycles. The maximum absolute atomic E-state index is 5.98. The van der Waals surface area contributed by atoms with E-state index >= 15 is 0 Å². The van der Waals surface area contributed by atoms with E-state index in [0.717, 1.165) is 12.4 Å². The molecule has 96 valence electrons. The molecule has 0 saturated heterocycles. The number of anilines is 1. The maximum Gasteiger partial charge on any atom is 0.255 e. The van der Waals surface area contributed by atoms with Gasteiger partial charge >= 0.3 is 0 Å². The van der Waals surface area contributed by atoms with Crippen LogP contribution in [0.15, 0.2) is 12.4 Å². The van der Waals surface area contributed by atoms with Crippen LogP contribution >= 0.6 is 11.6 Å². The summed E-state index contributed by atoms with van der Waals surface area (Å²) in [5.74, 6) is 1.39. The van der Waals surface area contributed by atoms with Crippen LogP contribution in [0.25, 0.3) is 5.78 Å². The molecule has 0 unspecified atom stereocenters. The highest BCUT2D eigenvalue weighted by molar-refractivity contribution is 6.29. The lowest BCUT2D eigenvalue weighted by molar-refractivity contribution is 0.361. The van der Waals surface area contributed by atoms with Crippen LogP contribution in [0.1, 0.15) is 32.6 Å². The van der Waals surface area contributed by atoms with Crippen LogP contribution in [0, 0.1) is 5.41 Å². The van der Waals surface area contributed by atoms with Crippen molar-refractivity contribution in [1.82, 2.24) is 19.6 Å². The maximum atomic E-state index is 5.98. The van der Waals surface area contributed by atoms with Gasteiger partial charge in [-0.25, -0.2) is 0 Å². The van der Waals surface area contributed by atoms with E-state index in [1.807, 2.05) is 0 Å². The summed E-state index contributed by atoms with van der Waals surface area (Å²) >= 11 is 5.98. The SMILES string of the molecule is CC1(CNc2cc(Cl)nc3ncnn23)CCCC1. The molecule has 0 amide bonds. The van der Waals surface area contributed by atoms with Crippen molar-refractivity contribution >= 4 is 23.2 Å². The van der Waals surface area contributed by atoms with Crippen molar-refractivity contribution in [3.05, 3.63) is 17.5 Å². The quantitative estimate of drug-likeness (QED) is 0.867. The standard InChI is InChI=1S/C12H16ClN5/c1-12(4-2-3-5-12)7-14-10-6-9(13)17-11-15-8-16-18(10)11/h6,8,14H,2-5,7H2,1H3. The molecule has 1 aliphatic rings. The first-order valence-electron chi connectivity index (χ1n) is 6.26. The zero-order valence-electron chi connectivity index (χ0n) is 10.4. The molecule has 1 N–H and O–H groups in total. The summed E-state index contributed by atoms with van der Waals surface area (Å²) in [5.41, 5.74) is 0.378. The van der Waals surface area contributed by atoms with E-state index in [-0.39, 0.29) is 0 Å². The minimum absolute atomic E-state index is 0.378. The predicted octanol–water partition coefficient (Wildman–Crippen LogP) is 2.77. The monoisotopic (exact) mass is 265 g/mol. The fourth-order valence-corrected chi connectivity index (χ4v) is 2.80. The van der Waals surface area contributed by atoms with E-state index in [4.69, 9.17) is 11.6 Å². The number of nitrogens with one attached hydrogen (secondary N) is 1. The molecule has 2 aromatic rings. The van der Waals surface area contributed by atoms with E-state index in [1.54, 1.807) is 10.6 Å². The minimum Gasteiger partial charge on any atom is -0.369 e. The van der Waals surface area contributed by atoms with Crippen molar-refractivity contribution in [2.24, 2.45) is 5.41 Å². The van der Waals surface area contributed by atoms with Crippen LogP contribution in [0.5, 0.6) is 0 Å². The summed E-state index contributed by atoms with van der Waals surface area (Å²) in [6.07, 6.45) is 6.70. The van der Waals surface area contributed by atoms with Crippen molar-refractivity contribution in [2.45, 2.75) is 32.6 Å². The van der Waals surface area contributed by atoms with Crippen molar-refractivity contribution < 1.29 is 0 Å². The molecule has 5 nitrogen and oxygen atoms in total. The summed E-state index contributed by atoms with van der Waals surface area (Å²) in [4.78, 5) is 8.16. The molecule has 18 heavy (non-hydrogen) atoms. The van der Waals surface area contributed by atoms with Gasteiger partial charge in [0.1, 0.15) is 17.3 Å². The van der Waals surface area contributed by atoms with Crippen LogP contribution in [-0.4, -0.2) is 26.1 Å². The van der Waals surface area contributed by atoms with Crippen LogP contribution in [0.2, 0.25) is 5.15 Å². The van der Waals surface area contributed by atoms with E-state index < -0.39 is 0 Å². The Morgan fingerprint density at radius 1 is 1.44 bits per heavy atom. The van der Waals surface area contributed by atoms with Gasteiger partial charge in [0, 0.05) is 12.6 Å². The Morgan fingerprint density at radius 3 is 3.00 bits per heavy atom. The lowest BCUT2D eigenvalue weighted by Gasteiger charge is -2.24. The molecule has 0 aliphatic heterocycles. The molecule has 1 saturated carbocycles. The van der Waals surface area contributed by atoms with Gasteiger partial charge in [0.15, 0.2) is 0 Å². The second-order valence-corrected chi connectivity index (χ2v) is 5.69. The van der Waals surface area contributed by atoms with Gasteiger partial charge in [0.25, 0.3) is 5.78 Å². The Hall–Kier alpha value is -1.36. The van der Waals surface area contributed by atoms with Gasteiger partial charge < -0.3 is 5.32 Å². The number of nitrogens with zero attached hydrogens (tertiary/aromatic N) is 4. The molecular formula is C12H16ClN5. The molecule has 0 atom stereocenters. The van der Waals surface area contributed by atoms with E-state index in [0.29, 0.717) is 16.3 Å². The van der Waals surface area contributed by atoms with Gasteiger partial charge in [-0.1, -0.05) is 31.4 Å². The lowest BCUT2D eigenvalue weighted by atomic mass is 9.89. The highest BCUT2D eigenvalue weighted by Gasteiger charge is 2.28. The van der Waals surface area contributed by atoms with Crippen molar-refractivity contribution in [3.8, 4) is 0 Å². The van der Waals surface area contributed by atoms with E-state index in [1.165, 1.54) is 32.0 Å². The predicted molar refractivity (Wildman–Crippen MR) is 70.9 cm³/mol. The zero-order valence-corrected chi connectivity index (χ0v) is 11.1. The Balaban J connectivity index is 1.83. The number of aromatic nitrogens is 4. The van der Waals surface area contributed by atoms with Crippen LogP contribution in [0.4, 0.5) is 5.82 Å². The fraction of sp³-hybridized carbons (Fsp3) is 0.583. The van der Waals surface area contributed by atoms with Crippen molar-refractivity contribution in [1.29, 1.82) is 0 Å². The third-order valence-electron chi connectivity index (χ3n) is 3.73. The molecule has 6 heteroatoms. The van der Waals surface area contributed by atoms with Crippen LogP contribution in [0.3, 0.4) is 0 Å².